The second-order valence-electron chi connectivity index (χ2n) is 7.40. The topological polar surface area (TPSA) is 73.5 Å². The van der Waals surface area contributed by atoms with Gasteiger partial charge in [-0.25, -0.2) is 8.78 Å². The van der Waals surface area contributed by atoms with E-state index in [9.17, 15) is 8.78 Å². The van der Waals surface area contributed by atoms with Crippen molar-refractivity contribution in [3.8, 4) is 11.4 Å². The lowest BCUT2D eigenvalue weighted by molar-refractivity contribution is 0.569. The molecule has 4 aromatic rings. The third-order valence-corrected chi connectivity index (χ3v) is 5.35. The fourth-order valence-electron chi connectivity index (χ4n) is 3.72. The highest BCUT2D eigenvalue weighted by Gasteiger charge is 2.18. The Morgan fingerprint density at radius 2 is 1.70 bits per heavy atom. The molecule has 2 aromatic heterocycles. The van der Waals surface area contributed by atoms with Crippen LogP contribution in [0.25, 0.3) is 34.4 Å². The molecule has 1 fully saturated rings. The van der Waals surface area contributed by atoms with Crippen molar-refractivity contribution in [3.63, 3.8) is 0 Å². The number of rotatable bonds is 4. The molecule has 6 nitrogen and oxygen atoms in total. The first kappa shape index (κ1) is 18.5. The van der Waals surface area contributed by atoms with E-state index in [0.29, 0.717) is 28.5 Å². The van der Waals surface area contributed by atoms with Crippen LogP contribution in [0, 0.1) is 11.6 Å². The Bertz CT molecular complexity index is 1200. The molecule has 0 aliphatic carbocycles. The molecule has 0 bridgehead atoms. The number of benzene rings is 2. The van der Waals surface area contributed by atoms with Crippen molar-refractivity contribution in [2.24, 2.45) is 0 Å². The third-order valence-electron chi connectivity index (χ3n) is 5.35. The predicted octanol–water partition coefficient (Wildman–Crippen LogP) is 4.79. The number of H-pyrrole nitrogens is 2. The highest BCUT2D eigenvalue weighted by Crippen LogP contribution is 2.28. The minimum Gasteiger partial charge on any atom is -0.340 e. The molecule has 2 aromatic carbocycles. The molecular formula is C22H20F2N6. The summed E-state index contributed by atoms with van der Waals surface area (Å²) >= 11 is 0. The number of nitrogens with one attached hydrogen (secondary N) is 2. The molecule has 0 unspecified atom stereocenters. The van der Waals surface area contributed by atoms with E-state index in [4.69, 9.17) is 0 Å². The standard InChI is InChI=1S/C22H20F2N6/c23-15-7-4-14(5-8-15)6-9-19-17-12-16(18(24)13-20(17)27-26-19)21-25-22(29-28-21)30-10-2-1-3-11-30/h4-9,12-13H,1-3,10-11H2,(H,26,27)(H,25,28,29). The van der Waals surface area contributed by atoms with Crippen molar-refractivity contribution >= 4 is 29.0 Å². The first-order chi connectivity index (χ1) is 14.7. The number of aromatic nitrogens is 5. The molecular weight excluding hydrogens is 386 g/mol. The maximum absolute atomic E-state index is 14.8. The van der Waals surface area contributed by atoms with Crippen LogP contribution in [0.2, 0.25) is 0 Å². The van der Waals surface area contributed by atoms with E-state index < -0.39 is 5.82 Å². The molecule has 8 heteroatoms. The third kappa shape index (κ3) is 3.56. The SMILES string of the molecule is Fc1ccc(C=Cc2n[nH]c3cc(F)c(-c4nc(N5CCCCC5)n[nH]4)cc23)cc1. The smallest absolute Gasteiger partial charge is 0.245 e. The van der Waals surface area contributed by atoms with Gasteiger partial charge in [0.05, 0.1) is 16.8 Å². The molecule has 3 heterocycles. The summed E-state index contributed by atoms with van der Waals surface area (Å²) in [5.41, 5.74) is 2.43. The molecule has 2 N–H and O–H groups in total. The number of hydrogen-bond donors (Lipinski definition) is 2. The zero-order valence-electron chi connectivity index (χ0n) is 16.2. The van der Waals surface area contributed by atoms with Crippen molar-refractivity contribution in [1.29, 1.82) is 0 Å². The number of hydrogen-bond acceptors (Lipinski definition) is 4. The molecule has 0 radical (unpaired) electrons. The van der Waals surface area contributed by atoms with Gasteiger partial charge in [0, 0.05) is 24.5 Å². The van der Waals surface area contributed by atoms with E-state index in [1.54, 1.807) is 18.2 Å². The summed E-state index contributed by atoms with van der Waals surface area (Å²) in [5.74, 6) is 0.312. The van der Waals surface area contributed by atoms with Gasteiger partial charge in [0.1, 0.15) is 11.6 Å². The fourth-order valence-corrected chi connectivity index (χ4v) is 3.72. The van der Waals surface area contributed by atoms with Crippen LogP contribution in [0.1, 0.15) is 30.5 Å². The maximum Gasteiger partial charge on any atom is 0.245 e. The quantitative estimate of drug-likeness (QED) is 0.511. The van der Waals surface area contributed by atoms with Crippen LogP contribution in [0.15, 0.2) is 36.4 Å². The van der Waals surface area contributed by atoms with Gasteiger partial charge in [-0.05, 0) is 49.1 Å². The van der Waals surface area contributed by atoms with Crippen molar-refractivity contribution in [1.82, 2.24) is 25.4 Å². The zero-order chi connectivity index (χ0) is 20.5. The molecule has 0 spiro atoms. The Morgan fingerprint density at radius 3 is 2.50 bits per heavy atom. The van der Waals surface area contributed by atoms with E-state index >= 15 is 0 Å². The van der Waals surface area contributed by atoms with Crippen LogP contribution >= 0.6 is 0 Å². The van der Waals surface area contributed by atoms with E-state index in [1.165, 1.54) is 24.6 Å². The minimum atomic E-state index is -0.401. The largest absolute Gasteiger partial charge is 0.340 e. The van der Waals surface area contributed by atoms with Crippen LogP contribution in [-0.2, 0) is 0 Å². The monoisotopic (exact) mass is 406 g/mol. The van der Waals surface area contributed by atoms with Gasteiger partial charge in [-0.2, -0.15) is 10.1 Å². The lowest BCUT2D eigenvalue weighted by Crippen LogP contribution is -2.30. The Labute approximate surface area is 171 Å². The predicted molar refractivity (Wildman–Crippen MR) is 113 cm³/mol. The summed E-state index contributed by atoms with van der Waals surface area (Å²) in [7, 11) is 0. The normalized spacial score (nSPS) is 14.8. The molecule has 1 aliphatic rings. The molecule has 30 heavy (non-hydrogen) atoms. The van der Waals surface area contributed by atoms with E-state index in [0.717, 1.165) is 36.9 Å². The highest BCUT2D eigenvalue weighted by molar-refractivity contribution is 5.92. The lowest BCUT2D eigenvalue weighted by atomic mass is 10.1. The summed E-state index contributed by atoms with van der Waals surface area (Å²) in [6.07, 6.45) is 7.09. The van der Waals surface area contributed by atoms with Crippen molar-refractivity contribution in [3.05, 3.63) is 59.3 Å². The minimum absolute atomic E-state index is 0.284. The second kappa shape index (κ2) is 7.70. The summed E-state index contributed by atoms with van der Waals surface area (Å²) in [4.78, 5) is 6.64. The van der Waals surface area contributed by atoms with Crippen molar-refractivity contribution in [2.75, 3.05) is 18.0 Å². The molecule has 0 atom stereocenters. The summed E-state index contributed by atoms with van der Waals surface area (Å²) < 4.78 is 27.8. The number of anilines is 1. The van der Waals surface area contributed by atoms with Gasteiger partial charge >= 0.3 is 0 Å². The number of nitrogens with zero attached hydrogens (tertiary/aromatic N) is 4. The Morgan fingerprint density at radius 1 is 0.900 bits per heavy atom. The Kier molecular flexibility index (Phi) is 4.74. The van der Waals surface area contributed by atoms with Crippen LogP contribution in [-0.4, -0.2) is 38.5 Å². The fraction of sp³-hybridized carbons (Fsp3) is 0.227. The first-order valence-corrected chi connectivity index (χ1v) is 9.96. The number of piperidine rings is 1. The van der Waals surface area contributed by atoms with E-state index in [-0.39, 0.29) is 5.82 Å². The average molecular weight is 406 g/mol. The molecule has 5 rings (SSSR count). The van der Waals surface area contributed by atoms with Crippen LogP contribution in [0.5, 0.6) is 0 Å². The maximum atomic E-state index is 14.8. The van der Waals surface area contributed by atoms with Gasteiger partial charge in [-0.3, -0.25) is 10.2 Å². The molecule has 1 saturated heterocycles. The first-order valence-electron chi connectivity index (χ1n) is 9.96. The van der Waals surface area contributed by atoms with Gasteiger partial charge in [-0.15, -0.1) is 5.10 Å². The second-order valence-corrected chi connectivity index (χ2v) is 7.40. The molecule has 1 aliphatic heterocycles. The number of aromatic amines is 2. The average Bonchev–Trinajstić information content (AvgIpc) is 3.40. The lowest BCUT2D eigenvalue weighted by Gasteiger charge is -2.24. The number of fused-ring (bicyclic) bond motifs is 1. The van der Waals surface area contributed by atoms with Gasteiger partial charge < -0.3 is 4.90 Å². The van der Waals surface area contributed by atoms with Gasteiger partial charge in [-0.1, -0.05) is 18.2 Å². The van der Waals surface area contributed by atoms with Gasteiger partial charge in [0.15, 0.2) is 5.82 Å². The molecule has 152 valence electrons. The number of halogens is 2. The van der Waals surface area contributed by atoms with Crippen molar-refractivity contribution in [2.45, 2.75) is 19.3 Å². The Balaban J connectivity index is 1.47. The summed E-state index contributed by atoms with van der Waals surface area (Å²) in [5, 5.41) is 15.1. The van der Waals surface area contributed by atoms with Crippen LogP contribution < -0.4 is 4.90 Å². The zero-order valence-corrected chi connectivity index (χ0v) is 16.2. The van der Waals surface area contributed by atoms with E-state index in [2.05, 4.69) is 30.3 Å². The van der Waals surface area contributed by atoms with Gasteiger partial charge in [0.25, 0.3) is 0 Å². The van der Waals surface area contributed by atoms with Crippen molar-refractivity contribution < 1.29 is 8.78 Å². The van der Waals surface area contributed by atoms with Crippen LogP contribution in [0.4, 0.5) is 14.7 Å². The molecule has 0 saturated carbocycles. The van der Waals surface area contributed by atoms with Crippen LogP contribution in [0.3, 0.4) is 0 Å². The van der Waals surface area contributed by atoms with Gasteiger partial charge in [0.2, 0.25) is 5.95 Å². The summed E-state index contributed by atoms with van der Waals surface area (Å²) in [6, 6.07) is 9.30. The molecule has 0 amide bonds. The highest BCUT2D eigenvalue weighted by atomic mass is 19.1. The van der Waals surface area contributed by atoms with E-state index in [1.807, 2.05) is 12.2 Å². The summed E-state index contributed by atoms with van der Waals surface area (Å²) in [6.45, 7) is 1.83. The Hall–Kier alpha value is -3.55.